The summed E-state index contributed by atoms with van der Waals surface area (Å²) in [6.07, 6.45) is 9.78. The summed E-state index contributed by atoms with van der Waals surface area (Å²) in [5, 5.41) is 3.71. The zero-order valence-electron chi connectivity index (χ0n) is 13.5. The summed E-state index contributed by atoms with van der Waals surface area (Å²) in [7, 11) is 2.19. The summed E-state index contributed by atoms with van der Waals surface area (Å²) >= 11 is 0. The van der Waals surface area contributed by atoms with Gasteiger partial charge in [-0.2, -0.15) is 0 Å². The molecule has 0 radical (unpaired) electrons. The lowest BCUT2D eigenvalue weighted by atomic mass is 9.72. The molecule has 2 rings (SSSR count). The Bertz CT molecular complexity index is 264. The van der Waals surface area contributed by atoms with Crippen molar-refractivity contribution in [1.29, 1.82) is 0 Å². The zero-order chi connectivity index (χ0) is 13.9. The van der Waals surface area contributed by atoms with Crippen molar-refractivity contribution in [3.05, 3.63) is 0 Å². The van der Waals surface area contributed by atoms with Crippen LogP contribution in [0.1, 0.15) is 65.7 Å². The van der Waals surface area contributed by atoms with Crippen LogP contribution >= 0.6 is 0 Å². The molecule has 0 aromatic carbocycles. The predicted molar refractivity (Wildman–Crippen MR) is 83.5 cm³/mol. The van der Waals surface area contributed by atoms with Crippen molar-refractivity contribution in [3.63, 3.8) is 0 Å². The number of hydrogen-bond donors (Lipinski definition) is 1. The van der Waals surface area contributed by atoms with Gasteiger partial charge in [-0.3, -0.25) is 4.90 Å². The monoisotopic (exact) mass is 266 g/mol. The van der Waals surface area contributed by atoms with Gasteiger partial charge in [0.15, 0.2) is 0 Å². The van der Waals surface area contributed by atoms with E-state index >= 15 is 0 Å². The summed E-state index contributed by atoms with van der Waals surface area (Å²) in [4.78, 5) is 2.77. The van der Waals surface area contributed by atoms with E-state index in [0.717, 1.165) is 11.8 Å². The number of nitrogens with zero attached hydrogens (tertiary/aromatic N) is 1. The molecule has 1 saturated heterocycles. The minimum absolute atomic E-state index is 0.358. The lowest BCUT2D eigenvalue weighted by molar-refractivity contribution is 0.0466. The molecule has 2 aliphatic rings. The fourth-order valence-corrected chi connectivity index (χ4v) is 4.54. The third-order valence-electron chi connectivity index (χ3n) is 6.06. The Hall–Kier alpha value is -0.0800. The van der Waals surface area contributed by atoms with Gasteiger partial charge < -0.3 is 5.32 Å². The van der Waals surface area contributed by atoms with Crippen LogP contribution in [0.3, 0.4) is 0 Å². The van der Waals surface area contributed by atoms with Gasteiger partial charge in [-0.1, -0.05) is 26.7 Å². The van der Waals surface area contributed by atoms with Crippen molar-refractivity contribution >= 4 is 0 Å². The highest BCUT2D eigenvalue weighted by Gasteiger charge is 2.42. The van der Waals surface area contributed by atoms with Crippen molar-refractivity contribution < 1.29 is 0 Å². The molecule has 0 bridgehead atoms. The molecule has 0 aromatic heterocycles. The molecule has 0 spiro atoms. The Morgan fingerprint density at radius 2 is 1.74 bits per heavy atom. The van der Waals surface area contributed by atoms with E-state index < -0.39 is 0 Å². The van der Waals surface area contributed by atoms with E-state index in [0.29, 0.717) is 11.6 Å². The third kappa shape index (κ3) is 3.16. The summed E-state index contributed by atoms with van der Waals surface area (Å²) in [6.45, 7) is 9.94. The molecule has 0 aromatic rings. The highest BCUT2D eigenvalue weighted by Crippen LogP contribution is 2.38. The molecule has 2 fully saturated rings. The number of hydrogen-bond acceptors (Lipinski definition) is 2. The molecule has 19 heavy (non-hydrogen) atoms. The Kier molecular flexibility index (Phi) is 5.30. The highest BCUT2D eigenvalue weighted by atomic mass is 15.2. The van der Waals surface area contributed by atoms with Crippen LogP contribution in [-0.2, 0) is 0 Å². The van der Waals surface area contributed by atoms with Crippen LogP contribution in [0.4, 0.5) is 0 Å². The molecule has 112 valence electrons. The van der Waals surface area contributed by atoms with Gasteiger partial charge in [0.25, 0.3) is 0 Å². The number of likely N-dealkylation sites (tertiary alicyclic amines) is 1. The Morgan fingerprint density at radius 1 is 1.16 bits per heavy atom. The molecule has 1 N–H and O–H groups in total. The first-order chi connectivity index (χ1) is 9.11. The van der Waals surface area contributed by atoms with Gasteiger partial charge >= 0.3 is 0 Å². The van der Waals surface area contributed by atoms with E-state index in [-0.39, 0.29) is 0 Å². The van der Waals surface area contributed by atoms with Gasteiger partial charge in [0.2, 0.25) is 0 Å². The lowest BCUT2D eigenvalue weighted by Crippen LogP contribution is -2.60. The van der Waals surface area contributed by atoms with E-state index in [1.165, 1.54) is 58.0 Å². The van der Waals surface area contributed by atoms with Crippen molar-refractivity contribution in [2.75, 3.05) is 20.1 Å². The molecule has 2 unspecified atom stereocenters. The minimum Gasteiger partial charge on any atom is -0.315 e. The normalized spacial score (nSPS) is 34.1. The van der Waals surface area contributed by atoms with E-state index in [2.05, 4.69) is 38.0 Å². The summed E-state index contributed by atoms with van der Waals surface area (Å²) in [5.41, 5.74) is 0.358. The van der Waals surface area contributed by atoms with Gasteiger partial charge in [0.05, 0.1) is 0 Å². The van der Waals surface area contributed by atoms with Crippen LogP contribution in [0.25, 0.3) is 0 Å². The quantitative estimate of drug-likeness (QED) is 0.817. The Morgan fingerprint density at radius 3 is 2.21 bits per heavy atom. The molecule has 1 aliphatic heterocycles. The third-order valence-corrected chi connectivity index (χ3v) is 6.06. The first-order valence-corrected chi connectivity index (χ1v) is 8.54. The van der Waals surface area contributed by atoms with Gasteiger partial charge in [-0.25, -0.2) is 0 Å². The van der Waals surface area contributed by atoms with Gasteiger partial charge in [0, 0.05) is 11.6 Å². The van der Waals surface area contributed by atoms with Crippen LogP contribution in [0.15, 0.2) is 0 Å². The summed E-state index contributed by atoms with van der Waals surface area (Å²) in [5.74, 6) is 1.83. The standard InChI is InChI=1S/C17H34N2/c1-5-17(3,19-12-6-7-13-19)16(18-4)15-10-8-14(2)9-11-15/h14-16,18H,5-13H2,1-4H3. The molecule has 2 nitrogen and oxygen atoms in total. The second kappa shape index (κ2) is 6.58. The molecule has 2 atom stereocenters. The molecule has 1 saturated carbocycles. The zero-order valence-corrected chi connectivity index (χ0v) is 13.5. The first kappa shape index (κ1) is 15.3. The molecule has 1 aliphatic carbocycles. The highest BCUT2D eigenvalue weighted by molar-refractivity contribution is 5.01. The van der Waals surface area contributed by atoms with E-state index in [9.17, 15) is 0 Å². The van der Waals surface area contributed by atoms with Crippen LogP contribution < -0.4 is 5.32 Å². The van der Waals surface area contributed by atoms with Crippen molar-refractivity contribution in [2.45, 2.75) is 77.3 Å². The maximum Gasteiger partial charge on any atom is 0.0334 e. The van der Waals surface area contributed by atoms with Gasteiger partial charge in [-0.15, -0.1) is 0 Å². The number of rotatable bonds is 5. The van der Waals surface area contributed by atoms with Crippen molar-refractivity contribution in [2.24, 2.45) is 11.8 Å². The maximum absolute atomic E-state index is 3.71. The average Bonchev–Trinajstić information content (AvgIpc) is 2.96. The molecule has 0 amide bonds. The van der Waals surface area contributed by atoms with E-state index in [1.54, 1.807) is 0 Å². The van der Waals surface area contributed by atoms with Crippen LogP contribution in [0, 0.1) is 11.8 Å². The summed E-state index contributed by atoms with van der Waals surface area (Å²) < 4.78 is 0. The minimum atomic E-state index is 0.358. The Labute approximate surface area is 120 Å². The molecular formula is C17H34N2. The first-order valence-electron chi connectivity index (χ1n) is 8.54. The van der Waals surface area contributed by atoms with E-state index in [1.807, 2.05) is 0 Å². The van der Waals surface area contributed by atoms with Crippen LogP contribution in [0.2, 0.25) is 0 Å². The topological polar surface area (TPSA) is 15.3 Å². The maximum atomic E-state index is 3.71. The number of nitrogens with one attached hydrogen (secondary N) is 1. The van der Waals surface area contributed by atoms with Gasteiger partial charge in [0.1, 0.15) is 0 Å². The smallest absolute Gasteiger partial charge is 0.0334 e. The molecule has 2 heteroatoms. The second-order valence-corrected chi connectivity index (χ2v) is 7.19. The largest absolute Gasteiger partial charge is 0.315 e. The average molecular weight is 266 g/mol. The molecule has 1 heterocycles. The van der Waals surface area contributed by atoms with Gasteiger partial charge in [-0.05, 0) is 71.0 Å². The lowest BCUT2D eigenvalue weighted by Gasteiger charge is -2.49. The Balaban J connectivity index is 2.08. The van der Waals surface area contributed by atoms with Crippen molar-refractivity contribution in [3.8, 4) is 0 Å². The number of likely N-dealkylation sites (N-methyl/N-ethyl adjacent to an activating group) is 1. The van der Waals surface area contributed by atoms with E-state index in [4.69, 9.17) is 0 Å². The predicted octanol–water partition coefficient (Wildman–Crippen LogP) is 3.67. The fraction of sp³-hybridized carbons (Fsp3) is 1.00. The SMILES string of the molecule is CCC(C)(C(NC)C1CCC(C)CC1)N1CCCC1. The van der Waals surface area contributed by atoms with Crippen LogP contribution in [0.5, 0.6) is 0 Å². The fourth-order valence-electron chi connectivity index (χ4n) is 4.54. The second-order valence-electron chi connectivity index (χ2n) is 7.19. The van der Waals surface area contributed by atoms with Crippen molar-refractivity contribution in [1.82, 2.24) is 10.2 Å². The van der Waals surface area contributed by atoms with Crippen LogP contribution in [-0.4, -0.2) is 36.6 Å². The summed E-state index contributed by atoms with van der Waals surface area (Å²) in [6, 6.07) is 0.670. The molecular weight excluding hydrogens is 232 g/mol.